The van der Waals surface area contributed by atoms with Gasteiger partial charge in [0.2, 0.25) is 0 Å². The summed E-state index contributed by atoms with van der Waals surface area (Å²) in [5, 5.41) is 17.7. The van der Waals surface area contributed by atoms with E-state index in [-0.39, 0.29) is 0 Å². The average molecular weight is 233 g/mol. The van der Waals surface area contributed by atoms with Gasteiger partial charge in [0.15, 0.2) is 5.82 Å². The molecular weight excluding hydrogens is 214 g/mol. The molecule has 1 aliphatic heterocycles. The molecule has 5 heteroatoms. The first-order chi connectivity index (χ1) is 8.24. The van der Waals surface area contributed by atoms with Crippen molar-refractivity contribution in [3.05, 3.63) is 17.7 Å². The highest BCUT2D eigenvalue weighted by Crippen LogP contribution is 2.15. The Balaban J connectivity index is 1.91. The predicted octanol–water partition coefficient (Wildman–Crippen LogP) is 1.40. The molecule has 0 atom stereocenters. The first kappa shape index (κ1) is 12.0. The van der Waals surface area contributed by atoms with Crippen LogP contribution in [0.15, 0.2) is 6.08 Å². The van der Waals surface area contributed by atoms with E-state index < -0.39 is 0 Å². The molecule has 5 nitrogen and oxygen atoms in total. The highest BCUT2D eigenvalue weighted by molar-refractivity contribution is 5.93. The van der Waals surface area contributed by atoms with E-state index in [4.69, 9.17) is 5.41 Å². The van der Waals surface area contributed by atoms with E-state index in [2.05, 4.69) is 20.5 Å². The predicted molar refractivity (Wildman–Crippen MR) is 68.1 cm³/mol. The highest BCUT2D eigenvalue weighted by atomic mass is 15.2. The second-order valence-corrected chi connectivity index (χ2v) is 4.55. The van der Waals surface area contributed by atoms with Crippen molar-refractivity contribution in [3.8, 4) is 0 Å². The van der Waals surface area contributed by atoms with E-state index in [0.717, 1.165) is 25.3 Å². The van der Waals surface area contributed by atoms with Crippen LogP contribution in [0.4, 0.5) is 0 Å². The molecule has 1 saturated heterocycles. The third kappa shape index (κ3) is 3.78. The number of piperidine rings is 1. The van der Waals surface area contributed by atoms with Crippen molar-refractivity contribution in [1.82, 2.24) is 20.5 Å². The Bertz CT molecular complexity index is 401. The SMILES string of the molecule is CC(=N)/C=C\c1n[nH]c(CC2CCNCC2)n1. The van der Waals surface area contributed by atoms with E-state index >= 15 is 0 Å². The molecule has 0 bridgehead atoms. The lowest BCUT2D eigenvalue weighted by Gasteiger charge is -2.21. The van der Waals surface area contributed by atoms with Crippen LogP contribution in [0.25, 0.3) is 6.08 Å². The fraction of sp³-hybridized carbons (Fsp3) is 0.583. The van der Waals surface area contributed by atoms with Crippen LogP contribution in [0, 0.1) is 11.3 Å². The summed E-state index contributed by atoms with van der Waals surface area (Å²) in [6, 6.07) is 0. The van der Waals surface area contributed by atoms with Gasteiger partial charge in [-0.05, 0) is 50.9 Å². The summed E-state index contributed by atoms with van der Waals surface area (Å²) < 4.78 is 0. The first-order valence-electron chi connectivity index (χ1n) is 6.09. The molecule has 1 aromatic rings. The Morgan fingerprint density at radius 3 is 2.94 bits per heavy atom. The van der Waals surface area contributed by atoms with Crippen molar-refractivity contribution in [2.75, 3.05) is 13.1 Å². The van der Waals surface area contributed by atoms with Crippen LogP contribution in [0.1, 0.15) is 31.4 Å². The van der Waals surface area contributed by atoms with Crippen molar-refractivity contribution in [1.29, 1.82) is 5.41 Å². The van der Waals surface area contributed by atoms with Crippen LogP contribution >= 0.6 is 0 Å². The summed E-state index contributed by atoms with van der Waals surface area (Å²) in [6.45, 7) is 3.95. The second-order valence-electron chi connectivity index (χ2n) is 4.55. The van der Waals surface area contributed by atoms with Gasteiger partial charge in [-0.15, -0.1) is 0 Å². The standard InChI is InChI=1S/C12H19N5/c1-9(13)2-3-11-15-12(17-16-11)8-10-4-6-14-7-5-10/h2-3,10,13-14H,4-8H2,1H3,(H,15,16,17)/b3-2-,13-9?. The molecule has 1 aromatic heterocycles. The van der Waals surface area contributed by atoms with Crippen LogP contribution in [0.5, 0.6) is 0 Å². The van der Waals surface area contributed by atoms with Crippen LogP contribution in [-0.2, 0) is 6.42 Å². The van der Waals surface area contributed by atoms with E-state index in [9.17, 15) is 0 Å². The molecular formula is C12H19N5. The molecule has 0 radical (unpaired) electrons. The van der Waals surface area contributed by atoms with E-state index in [1.807, 2.05) is 0 Å². The van der Waals surface area contributed by atoms with Gasteiger partial charge in [-0.1, -0.05) is 0 Å². The number of allylic oxidation sites excluding steroid dienone is 1. The Kier molecular flexibility index (Phi) is 4.03. The molecule has 0 spiro atoms. The molecule has 2 rings (SSSR count). The molecule has 17 heavy (non-hydrogen) atoms. The number of aromatic amines is 1. The van der Waals surface area contributed by atoms with Crippen molar-refractivity contribution in [3.63, 3.8) is 0 Å². The number of rotatable bonds is 4. The van der Waals surface area contributed by atoms with Gasteiger partial charge in [0.25, 0.3) is 0 Å². The monoisotopic (exact) mass is 233 g/mol. The van der Waals surface area contributed by atoms with Crippen LogP contribution in [0.2, 0.25) is 0 Å². The lowest BCUT2D eigenvalue weighted by atomic mass is 9.94. The maximum atomic E-state index is 7.30. The van der Waals surface area contributed by atoms with Crippen LogP contribution in [0.3, 0.4) is 0 Å². The van der Waals surface area contributed by atoms with Crippen LogP contribution < -0.4 is 5.32 Å². The molecule has 0 aromatic carbocycles. The van der Waals surface area contributed by atoms with Gasteiger partial charge < -0.3 is 10.7 Å². The van der Waals surface area contributed by atoms with Gasteiger partial charge in [0.05, 0.1) is 0 Å². The molecule has 0 unspecified atom stereocenters. The molecule has 0 saturated carbocycles. The van der Waals surface area contributed by atoms with Crippen molar-refractivity contribution >= 4 is 11.8 Å². The largest absolute Gasteiger partial charge is 0.317 e. The average Bonchev–Trinajstić information content (AvgIpc) is 2.75. The van der Waals surface area contributed by atoms with Crippen molar-refractivity contribution < 1.29 is 0 Å². The minimum Gasteiger partial charge on any atom is -0.317 e. The maximum Gasteiger partial charge on any atom is 0.173 e. The van der Waals surface area contributed by atoms with Gasteiger partial charge in [-0.25, -0.2) is 4.98 Å². The fourth-order valence-corrected chi connectivity index (χ4v) is 2.03. The fourth-order valence-electron chi connectivity index (χ4n) is 2.03. The molecule has 92 valence electrons. The first-order valence-corrected chi connectivity index (χ1v) is 6.09. The minimum atomic E-state index is 0.509. The molecule has 1 aliphatic rings. The number of H-pyrrole nitrogens is 1. The zero-order chi connectivity index (χ0) is 12.1. The zero-order valence-electron chi connectivity index (χ0n) is 10.2. The lowest BCUT2D eigenvalue weighted by molar-refractivity contribution is 0.367. The summed E-state index contributed by atoms with van der Waals surface area (Å²) in [5.41, 5.74) is 0.509. The Morgan fingerprint density at radius 1 is 1.47 bits per heavy atom. The molecule has 1 fully saturated rings. The summed E-state index contributed by atoms with van der Waals surface area (Å²) in [6.07, 6.45) is 6.88. The smallest absolute Gasteiger partial charge is 0.173 e. The number of hydrogen-bond donors (Lipinski definition) is 3. The zero-order valence-corrected chi connectivity index (χ0v) is 10.2. The maximum absolute atomic E-state index is 7.30. The molecule has 0 amide bonds. The number of aromatic nitrogens is 3. The number of hydrogen-bond acceptors (Lipinski definition) is 4. The summed E-state index contributed by atoms with van der Waals surface area (Å²) in [7, 11) is 0. The van der Waals surface area contributed by atoms with Crippen molar-refractivity contribution in [2.45, 2.75) is 26.2 Å². The van der Waals surface area contributed by atoms with Gasteiger partial charge in [-0.3, -0.25) is 5.10 Å². The number of nitrogens with zero attached hydrogens (tertiary/aromatic N) is 2. The van der Waals surface area contributed by atoms with Crippen LogP contribution in [-0.4, -0.2) is 34.0 Å². The number of nitrogens with one attached hydrogen (secondary N) is 3. The van der Waals surface area contributed by atoms with Gasteiger partial charge in [0.1, 0.15) is 5.82 Å². The third-order valence-corrected chi connectivity index (χ3v) is 2.97. The third-order valence-electron chi connectivity index (χ3n) is 2.97. The topological polar surface area (TPSA) is 77.5 Å². The quantitative estimate of drug-likeness (QED) is 0.688. The normalized spacial score (nSPS) is 17.7. The van der Waals surface area contributed by atoms with E-state index in [1.54, 1.807) is 19.1 Å². The summed E-state index contributed by atoms with van der Waals surface area (Å²) >= 11 is 0. The Labute approximate surface area is 101 Å². The minimum absolute atomic E-state index is 0.509. The Hall–Kier alpha value is -1.49. The van der Waals surface area contributed by atoms with Crippen molar-refractivity contribution in [2.24, 2.45) is 5.92 Å². The Morgan fingerprint density at radius 2 is 2.24 bits per heavy atom. The van der Waals surface area contributed by atoms with Gasteiger partial charge >= 0.3 is 0 Å². The second kappa shape index (κ2) is 5.72. The lowest BCUT2D eigenvalue weighted by Crippen LogP contribution is -2.28. The van der Waals surface area contributed by atoms with E-state index in [1.165, 1.54) is 12.8 Å². The van der Waals surface area contributed by atoms with Gasteiger partial charge in [-0.2, -0.15) is 5.10 Å². The molecule has 0 aliphatic carbocycles. The van der Waals surface area contributed by atoms with E-state index in [0.29, 0.717) is 17.5 Å². The van der Waals surface area contributed by atoms with Gasteiger partial charge in [0, 0.05) is 12.1 Å². The molecule has 3 N–H and O–H groups in total. The summed E-state index contributed by atoms with van der Waals surface area (Å²) in [4.78, 5) is 4.41. The molecule has 2 heterocycles. The summed E-state index contributed by atoms with van der Waals surface area (Å²) in [5.74, 6) is 2.34. The highest BCUT2D eigenvalue weighted by Gasteiger charge is 2.15.